The van der Waals surface area contributed by atoms with Gasteiger partial charge >= 0.3 is 332 Å². The zero-order chi connectivity index (χ0) is 39.7. The van der Waals surface area contributed by atoms with E-state index < -0.39 is 17.4 Å². The molecule has 0 aromatic heterocycles. The summed E-state index contributed by atoms with van der Waals surface area (Å²) in [5, 5.41) is 0. The molecule has 0 N–H and O–H groups in total. The quantitative estimate of drug-likeness (QED) is 0.148. The summed E-state index contributed by atoms with van der Waals surface area (Å²) in [6, 6.07) is 32.9. The summed E-state index contributed by atoms with van der Waals surface area (Å²) >= 11 is -4.02. The summed E-state index contributed by atoms with van der Waals surface area (Å²) in [6.45, 7) is 25.2. The van der Waals surface area contributed by atoms with Crippen LogP contribution in [0.3, 0.4) is 0 Å². The van der Waals surface area contributed by atoms with E-state index in [1.807, 2.05) is 14.2 Å². The third-order valence-corrected chi connectivity index (χ3v) is 30.2. The number of hydrogen-bond donors (Lipinski definition) is 0. The van der Waals surface area contributed by atoms with Gasteiger partial charge in [-0.1, -0.05) is 0 Å². The number of ether oxygens (including phenoxy) is 2. The van der Waals surface area contributed by atoms with Crippen LogP contribution in [0.25, 0.3) is 34.4 Å². The number of methoxy groups -OCH3 is 2. The van der Waals surface area contributed by atoms with E-state index in [0.717, 1.165) is 12.8 Å². The van der Waals surface area contributed by atoms with Crippen LogP contribution in [0.4, 0.5) is 0 Å². The van der Waals surface area contributed by atoms with Gasteiger partial charge in [0, 0.05) is 0 Å². The van der Waals surface area contributed by atoms with E-state index in [-0.39, 0.29) is 46.8 Å². The second-order valence-electron chi connectivity index (χ2n) is 20.8. The molecule has 0 fully saturated rings. The molecule has 6 heteroatoms. The number of hydrogen-bond acceptors (Lipinski definition) is 2. The maximum Gasteiger partial charge on any atom is -0.147 e. The van der Waals surface area contributed by atoms with E-state index in [1.165, 1.54) is 66.8 Å². The summed E-state index contributed by atoms with van der Waals surface area (Å²) in [4.78, 5) is 0. The van der Waals surface area contributed by atoms with E-state index in [4.69, 9.17) is 9.47 Å². The molecule has 2 unspecified atom stereocenters. The number of fused-ring (bicyclic) bond motifs is 2. The Hall–Kier alpha value is -2.04. The average molecular weight is 891 g/mol. The Morgan fingerprint density at radius 3 is 1.12 bits per heavy atom. The first kappa shape index (κ1) is 46.6. The van der Waals surface area contributed by atoms with E-state index in [9.17, 15) is 0 Å². The fourth-order valence-electron chi connectivity index (χ4n) is 9.57. The minimum Gasteiger partial charge on any atom is -0.147 e. The average Bonchev–Trinajstić information content (AvgIpc) is 3.66. The van der Waals surface area contributed by atoms with Gasteiger partial charge in [0.2, 0.25) is 0 Å². The van der Waals surface area contributed by atoms with Crippen LogP contribution in [-0.4, -0.2) is 32.3 Å². The molecule has 302 valence electrons. The van der Waals surface area contributed by atoms with Gasteiger partial charge in [-0.25, -0.2) is 0 Å². The van der Waals surface area contributed by atoms with Crippen LogP contribution >= 0.6 is 24.8 Å². The third-order valence-electron chi connectivity index (χ3n) is 12.7. The molecular formula is C50H68Cl2O2SiZr. The molecule has 2 aliphatic rings. The van der Waals surface area contributed by atoms with Gasteiger partial charge in [0.25, 0.3) is 0 Å². The normalized spacial score (nSPS) is 17.3. The maximum absolute atomic E-state index is 6.19. The van der Waals surface area contributed by atoms with Crippen LogP contribution in [0.2, 0.25) is 9.26 Å². The Morgan fingerprint density at radius 2 is 0.839 bits per heavy atom. The Kier molecular flexibility index (Phi) is 13.5. The fraction of sp³-hybridized carbons (Fsp3) is 0.440. The molecule has 4 aromatic carbocycles. The SMILES string of the molecule is COC(C)(C)CC1=Cc2c(-c3ccc(C(C)(C)C)cc3)cccc2[CH]1[Zr]([CH3])([CH3])(=[SiH2])[CH]1C(CC(C)(C)OC)=Cc2c(-c3ccc(C(C)(C)C)cc3)cccc21.Cl.Cl. The second kappa shape index (κ2) is 16.2. The first-order valence-electron chi connectivity index (χ1n) is 20.0. The first-order chi connectivity index (χ1) is 24.9. The van der Waals surface area contributed by atoms with Gasteiger partial charge in [-0.15, -0.1) is 24.8 Å². The van der Waals surface area contributed by atoms with Gasteiger partial charge < -0.3 is 0 Å². The van der Waals surface area contributed by atoms with Crippen LogP contribution in [0.1, 0.15) is 123 Å². The molecule has 4 aromatic rings. The van der Waals surface area contributed by atoms with Gasteiger partial charge in [-0.3, -0.25) is 0 Å². The van der Waals surface area contributed by atoms with Crippen LogP contribution in [0.5, 0.6) is 0 Å². The molecule has 0 amide bonds. The van der Waals surface area contributed by atoms with Crippen LogP contribution < -0.4 is 0 Å². The van der Waals surface area contributed by atoms with E-state index in [2.05, 4.69) is 182 Å². The predicted molar refractivity (Wildman–Crippen MR) is 249 cm³/mol. The van der Waals surface area contributed by atoms with Crippen molar-refractivity contribution in [3.63, 3.8) is 0 Å². The molecule has 0 saturated heterocycles. The minimum atomic E-state index is -4.02. The summed E-state index contributed by atoms with van der Waals surface area (Å²) in [5.41, 5.74) is 16.5. The Labute approximate surface area is 354 Å². The molecule has 6 rings (SSSR count). The van der Waals surface area contributed by atoms with Crippen molar-refractivity contribution >= 4 is 43.8 Å². The number of halogens is 2. The van der Waals surface area contributed by atoms with Crippen molar-refractivity contribution in [1.29, 1.82) is 0 Å². The van der Waals surface area contributed by atoms with Crippen molar-refractivity contribution < 1.29 is 26.9 Å². The molecule has 2 nitrogen and oxygen atoms in total. The largest absolute Gasteiger partial charge is 0.147 e. The van der Waals surface area contributed by atoms with Gasteiger partial charge in [0.15, 0.2) is 0 Å². The van der Waals surface area contributed by atoms with Crippen LogP contribution in [0, 0.1) is 0 Å². The molecule has 56 heavy (non-hydrogen) atoms. The fourth-order valence-corrected chi connectivity index (χ4v) is 29.3. The van der Waals surface area contributed by atoms with Crippen molar-refractivity contribution in [1.82, 2.24) is 0 Å². The van der Waals surface area contributed by atoms with Gasteiger partial charge in [0.1, 0.15) is 0 Å². The standard InChI is InChI=1S/2C24H29O.2CH3.2ClH.H2Si.Zr/c2*1-23(2,3)20-12-10-18(11-13-20)21-9-7-8-19-14-17(15-22(19)21)16-24(4,5)25-6;;;;;;/h2*7-15H,16H2,1-6H3;2*1H3;2*1H;1H2;. The monoisotopic (exact) mass is 888 g/mol. The first-order valence-corrected chi connectivity index (χ1v) is 33.7. The molecule has 0 radical (unpaired) electrons. The van der Waals surface area contributed by atoms with E-state index >= 15 is 0 Å². The van der Waals surface area contributed by atoms with E-state index in [1.54, 1.807) is 0 Å². The summed E-state index contributed by atoms with van der Waals surface area (Å²) in [7, 11) is 3.74. The summed E-state index contributed by atoms with van der Waals surface area (Å²) in [5.74, 6) is 0. The molecule has 0 bridgehead atoms. The molecular weight excluding hydrogens is 823 g/mol. The van der Waals surface area contributed by atoms with Gasteiger partial charge in [-0.2, -0.15) is 0 Å². The second-order valence-corrected chi connectivity index (χ2v) is 51.3. The minimum absolute atomic E-state index is 0. The van der Waals surface area contributed by atoms with Gasteiger partial charge in [-0.05, 0) is 0 Å². The predicted octanol–water partition coefficient (Wildman–Crippen LogP) is 14.0. The molecule has 2 atom stereocenters. The van der Waals surface area contributed by atoms with Crippen molar-refractivity contribution in [2.24, 2.45) is 0 Å². The topological polar surface area (TPSA) is 18.5 Å². The maximum atomic E-state index is 6.19. The Morgan fingerprint density at radius 1 is 0.518 bits per heavy atom. The van der Waals surface area contributed by atoms with Crippen molar-refractivity contribution in [2.75, 3.05) is 14.2 Å². The third kappa shape index (κ3) is 9.07. The van der Waals surface area contributed by atoms with Crippen LogP contribution in [0.15, 0.2) is 96.1 Å². The van der Waals surface area contributed by atoms with Crippen molar-refractivity contribution in [3.05, 3.63) is 129 Å². The van der Waals surface area contributed by atoms with E-state index in [0.29, 0.717) is 7.25 Å². The molecule has 0 aliphatic heterocycles. The number of rotatable bonds is 10. The van der Waals surface area contributed by atoms with Crippen LogP contribution in [-0.2, 0) is 37.7 Å². The Balaban J connectivity index is 0.00000348. The number of benzene rings is 4. The summed E-state index contributed by atoms with van der Waals surface area (Å²) in [6.07, 6.45) is 6.95. The zero-order valence-electron chi connectivity index (χ0n) is 36.6. The molecule has 0 heterocycles. The molecule has 0 saturated carbocycles. The van der Waals surface area contributed by atoms with Gasteiger partial charge in [0.05, 0.1) is 0 Å². The zero-order valence-corrected chi connectivity index (χ0v) is 42.2. The van der Waals surface area contributed by atoms with Crippen molar-refractivity contribution in [3.8, 4) is 22.3 Å². The van der Waals surface area contributed by atoms with Crippen molar-refractivity contribution in [2.45, 2.75) is 121 Å². The summed E-state index contributed by atoms with van der Waals surface area (Å²) < 4.78 is 18.6. The molecule has 2 aliphatic carbocycles. The molecule has 0 spiro atoms. The smallest absolute Gasteiger partial charge is 0.147 e. The Bertz CT molecular complexity index is 2040.